The van der Waals surface area contributed by atoms with Crippen molar-refractivity contribution in [1.29, 1.82) is 0 Å². The minimum absolute atomic E-state index is 0.0860. The molecule has 0 saturated carbocycles. The second-order valence-electron chi connectivity index (χ2n) is 6.44. The van der Waals surface area contributed by atoms with Crippen LogP contribution in [-0.2, 0) is 28.9 Å². The fourth-order valence-electron chi connectivity index (χ4n) is 2.95. The number of hydrogen-bond acceptors (Lipinski definition) is 4. The third-order valence-corrected chi connectivity index (χ3v) is 4.55. The first-order valence-corrected chi connectivity index (χ1v) is 8.51. The Kier molecular flexibility index (Phi) is 5.26. The Labute approximate surface area is 158 Å². The van der Waals surface area contributed by atoms with Crippen LogP contribution >= 0.6 is 0 Å². The van der Waals surface area contributed by atoms with Gasteiger partial charge in [0.1, 0.15) is 12.0 Å². The Bertz CT molecular complexity index is 900. The van der Waals surface area contributed by atoms with Gasteiger partial charge in [0, 0.05) is 30.5 Å². The third kappa shape index (κ3) is 4.08. The molecule has 1 aromatic carbocycles. The van der Waals surface area contributed by atoms with E-state index in [1.165, 1.54) is 19.1 Å². The van der Waals surface area contributed by atoms with E-state index in [2.05, 4.69) is 5.32 Å². The number of rotatable bonds is 5. The average molecular weight is 394 g/mol. The van der Waals surface area contributed by atoms with Gasteiger partial charge in [-0.25, -0.2) is 0 Å². The number of carbonyl (C=O) groups excluding carboxylic acids is 3. The summed E-state index contributed by atoms with van der Waals surface area (Å²) < 4.78 is 43.7. The van der Waals surface area contributed by atoms with E-state index in [1.54, 1.807) is 12.1 Å². The lowest BCUT2D eigenvalue weighted by atomic mass is 10.1. The Morgan fingerprint density at radius 2 is 1.75 bits per heavy atom. The predicted molar refractivity (Wildman–Crippen MR) is 90.9 cm³/mol. The number of nitrogens with one attached hydrogen (secondary N) is 1. The molecule has 1 aromatic heterocycles. The molecule has 9 heteroatoms. The largest absolute Gasteiger partial charge is 0.469 e. The number of halogens is 3. The van der Waals surface area contributed by atoms with Gasteiger partial charge in [0.05, 0.1) is 12.1 Å². The van der Waals surface area contributed by atoms with E-state index >= 15 is 0 Å². The fraction of sp³-hybridized carbons (Fsp3) is 0.316. The molecule has 0 bridgehead atoms. The smallest absolute Gasteiger partial charge is 0.419 e. The summed E-state index contributed by atoms with van der Waals surface area (Å²) in [6.45, 7) is 1.20. The zero-order valence-corrected chi connectivity index (χ0v) is 14.9. The van der Waals surface area contributed by atoms with E-state index in [1.807, 2.05) is 0 Å². The normalized spacial score (nSPS) is 14.6. The van der Waals surface area contributed by atoms with Crippen LogP contribution in [0.1, 0.15) is 45.7 Å². The highest BCUT2D eigenvalue weighted by Gasteiger charge is 2.36. The quantitative estimate of drug-likeness (QED) is 0.790. The van der Waals surface area contributed by atoms with Gasteiger partial charge >= 0.3 is 6.18 Å². The minimum Gasteiger partial charge on any atom is -0.469 e. The van der Waals surface area contributed by atoms with E-state index < -0.39 is 17.6 Å². The monoisotopic (exact) mass is 394 g/mol. The summed E-state index contributed by atoms with van der Waals surface area (Å²) in [6.07, 6.45) is -3.53. The molecular formula is C19H17F3N2O4. The molecule has 0 radical (unpaired) electrons. The van der Waals surface area contributed by atoms with Crippen LogP contribution < -0.4 is 5.32 Å². The molecule has 2 aromatic rings. The van der Waals surface area contributed by atoms with Crippen LogP contribution in [0.25, 0.3) is 0 Å². The molecule has 1 aliphatic heterocycles. The molecule has 1 N–H and O–H groups in total. The first-order valence-electron chi connectivity index (χ1n) is 8.51. The number of aryl methyl sites for hydroxylation is 1. The molecule has 28 heavy (non-hydrogen) atoms. The van der Waals surface area contributed by atoms with Crippen LogP contribution in [0.5, 0.6) is 0 Å². The number of furan rings is 1. The van der Waals surface area contributed by atoms with Crippen LogP contribution in [-0.4, -0.2) is 22.6 Å². The van der Waals surface area contributed by atoms with E-state index in [4.69, 9.17) is 4.42 Å². The highest BCUT2D eigenvalue weighted by molar-refractivity contribution is 6.01. The van der Waals surface area contributed by atoms with Crippen molar-refractivity contribution in [3.63, 3.8) is 0 Å². The van der Waals surface area contributed by atoms with Crippen molar-refractivity contribution in [3.05, 3.63) is 58.5 Å². The van der Waals surface area contributed by atoms with Gasteiger partial charge in [-0.15, -0.1) is 0 Å². The SMILES string of the molecule is Cc1occ(C(F)(F)F)c1CNC(=O)c1ccc(CN2C(=O)CCC2=O)cc1. The average Bonchev–Trinajstić information content (AvgIpc) is 3.17. The Hall–Kier alpha value is -3.10. The summed E-state index contributed by atoms with van der Waals surface area (Å²) in [7, 11) is 0. The maximum absolute atomic E-state index is 13.0. The Morgan fingerprint density at radius 3 is 2.32 bits per heavy atom. The van der Waals surface area contributed by atoms with Crippen LogP contribution in [0, 0.1) is 6.92 Å². The van der Waals surface area contributed by atoms with E-state index in [0.29, 0.717) is 11.8 Å². The van der Waals surface area contributed by atoms with Crippen LogP contribution in [0.2, 0.25) is 0 Å². The number of benzene rings is 1. The van der Waals surface area contributed by atoms with Crippen molar-refractivity contribution in [2.24, 2.45) is 0 Å². The first kappa shape index (κ1) is 19.7. The fourth-order valence-corrected chi connectivity index (χ4v) is 2.95. The van der Waals surface area contributed by atoms with Gasteiger partial charge in [-0.2, -0.15) is 13.2 Å². The second kappa shape index (κ2) is 7.49. The highest BCUT2D eigenvalue weighted by Crippen LogP contribution is 2.34. The highest BCUT2D eigenvalue weighted by atomic mass is 19.4. The molecule has 148 valence electrons. The summed E-state index contributed by atoms with van der Waals surface area (Å²) >= 11 is 0. The molecule has 0 atom stereocenters. The van der Waals surface area contributed by atoms with Gasteiger partial charge < -0.3 is 9.73 Å². The number of carbonyl (C=O) groups is 3. The molecule has 6 nitrogen and oxygen atoms in total. The van der Waals surface area contributed by atoms with Crippen molar-refractivity contribution in [1.82, 2.24) is 10.2 Å². The second-order valence-corrected chi connectivity index (χ2v) is 6.44. The van der Waals surface area contributed by atoms with Gasteiger partial charge in [-0.1, -0.05) is 12.1 Å². The van der Waals surface area contributed by atoms with Gasteiger partial charge in [0.2, 0.25) is 11.8 Å². The van der Waals surface area contributed by atoms with Crippen LogP contribution in [0.15, 0.2) is 34.9 Å². The Balaban J connectivity index is 1.64. The molecule has 1 fully saturated rings. The minimum atomic E-state index is -4.57. The van der Waals surface area contributed by atoms with E-state index in [-0.39, 0.29) is 54.6 Å². The molecule has 0 aliphatic carbocycles. The van der Waals surface area contributed by atoms with Crippen LogP contribution in [0.4, 0.5) is 13.2 Å². The van der Waals surface area contributed by atoms with Gasteiger partial charge in [-0.3, -0.25) is 19.3 Å². The lowest BCUT2D eigenvalue weighted by Crippen LogP contribution is -2.28. The molecule has 3 amide bonds. The van der Waals surface area contributed by atoms with Crippen molar-refractivity contribution in [3.8, 4) is 0 Å². The van der Waals surface area contributed by atoms with Crippen molar-refractivity contribution in [2.45, 2.75) is 39.0 Å². The lowest BCUT2D eigenvalue weighted by molar-refractivity contribution is -0.140. The zero-order chi connectivity index (χ0) is 20.5. The molecule has 1 aliphatic rings. The molecule has 3 rings (SSSR count). The first-order chi connectivity index (χ1) is 13.2. The molecule has 0 spiro atoms. The summed E-state index contributed by atoms with van der Waals surface area (Å²) in [4.78, 5) is 36.7. The molecular weight excluding hydrogens is 377 g/mol. The summed E-state index contributed by atoms with van der Waals surface area (Å²) in [5, 5.41) is 2.44. The standard InChI is InChI=1S/C19H17F3N2O4/c1-11-14(15(10-28-11)19(20,21)22)8-23-18(27)13-4-2-12(3-5-13)9-24-16(25)6-7-17(24)26/h2-5,10H,6-9H2,1H3,(H,23,27). The van der Waals surface area contributed by atoms with Crippen LogP contribution in [0.3, 0.4) is 0 Å². The summed E-state index contributed by atoms with van der Waals surface area (Å²) in [5.74, 6) is -0.929. The maximum Gasteiger partial charge on any atom is 0.419 e. The van der Waals surface area contributed by atoms with Crippen molar-refractivity contribution < 1.29 is 32.0 Å². The summed E-state index contributed by atoms with van der Waals surface area (Å²) in [6, 6.07) is 6.17. The number of hydrogen-bond donors (Lipinski definition) is 1. The lowest BCUT2D eigenvalue weighted by Gasteiger charge is -2.14. The third-order valence-electron chi connectivity index (χ3n) is 4.55. The number of alkyl halides is 3. The van der Waals surface area contributed by atoms with E-state index in [9.17, 15) is 27.6 Å². The molecule has 2 heterocycles. The van der Waals surface area contributed by atoms with Gasteiger partial charge in [0.15, 0.2) is 0 Å². The Morgan fingerprint density at radius 1 is 1.14 bits per heavy atom. The molecule has 1 saturated heterocycles. The van der Waals surface area contributed by atoms with Crippen molar-refractivity contribution in [2.75, 3.05) is 0 Å². The number of amides is 3. The summed E-state index contributed by atoms with van der Waals surface area (Å²) in [5.41, 5.74) is -0.119. The van der Waals surface area contributed by atoms with Crippen molar-refractivity contribution >= 4 is 17.7 Å². The maximum atomic E-state index is 13.0. The van der Waals surface area contributed by atoms with E-state index in [0.717, 1.165) is 4.90 Å². The number of likely N-dealkylation sites (tertiary alicyclic amines) is 1. The van der Waals surface area contributed by atoms with Gasteiger partial charge in [-0.05, 0) is 24.6 Å². The topological polar surface area (TPSA) is 79.6 Å². The zero-order valence-electron chi connectivity index (χ0n) is 14.9. The number of nitrogens with zero attached hydrogens (tertiary/aromatic N) is 1. The predicted octanol–water partition coefficient (Wildman–Crippen LogP) is 3.19. The number of imide groups is 1. The van der Waals surface area contributed by atoms with Gasteiger partial charge in [0.25, 0.3) is 5.91 Å². The molecule has 0 unspecified atom stereocenters.